The normalized spacial score (nSPS) is 34.7. The molecule has 0 radical (unpaired) electrons. The van der Waals surface area contributed by atoms with Gasteiger partial charge in [0, 0.05) is 33.7 Å². The van der Waals surface area contributed by atoms with Gasteiger partial charge in [-0.05, 0) is 81.0 Å². The lowest BCUT2D eigenvalue weighted by atomic mass is 9.44. The number of hydrogen-bond donors (Lipinski definition) is 3. The van der Waals surface area contributed by atoms with Crippen LogP contribution in [0.15, 0.2) is 47.8 Å². The van der Waals surface area contributed by atoms with E-state index in [1.807, 2.05) is 6.07 Å². The minimum Gasteiger partial charge on any atom is -0.409 e. The molecule has 6 aliphatic rings. The van der Waals surface area contributed by atoms with E-state index in [1.165, 1.54) is 6.07 Å². The van der Waals surface area contributed by atoms with Crippen molar-refractivity contribution in [3.8, 4) is 0 Å². The number of carbonyl (C=O) groups is 1. The molecule has 4 bridgehead atoms. The van der Waals surface area contributed by atoms with Crippen LogP contribution in [-0.4, -0.2) is 28.1 Å². The van der Waals surface area contributed by atoms with Crippen LogP contribution >= 0.6 is 0 Å². The average molecular weight is 531 g/mol. The summed E-state index contributed by atoms with van der Waals surface area (Å²) in [6.07, 6.45) is -0.207. The van der Waals surface area contributed by atoms with Crippen LogP contribution in [0.1, 0.15) is 79.8 Å². The Morgan fingerprint density at radius 1 is 1.11 bits per heavy atom. The molecule has 1 aromatic carbocycles. The number of nitrogens with two attached hydrogens (primary N) is 1. The molecule has 0 saturated heterocycles. The summed E-state index contributed by atoms with van der Waals surface area (Å²) in [5, 5.41) is 15.5. The Bertz CT molecular complexity index is 1270. The summed E-state index contributed by atoms with van der Waals surface area (Å²) in [4.78, 5) is 17.6. The molecule has 0 aliphatic heterocycles. The molecule has 1 aromatic heterocycles. The van der Waals surface area contributed by atoms with E-state index in [9.17, 15) is 23.2 Å². The molecule has 10 heteroatoms. The number of amidine groups is 1. The fourth-order valence-electron chi connectivity index (χ4n) is 7.50. The number of benzene rings is 1. The first kappa shape index (κ1) is 25.1. The first-order valence-electron chi connectivity index (χ1n) is 13.1. The van der Waals surface area contributed by atoms with Crippen molar-refractivity contribution in [3.63, 3.8) is 0 Å². The molecule has 2 aromatic rings. The molecule has 2 atom stereocenters. The Morgan fingerprint density at radius 3 is 2.34 bits per heavy atom. The third-order valence-corrected chi connectivity index (χ3v) is 9.96. The average Bonchev–Trinajstić information content (AvgIpc) is 2.85. The lowest BCUT2D eigenvalue weighted by Gasteiger charge is -2.62. The molecular weight excluding hydrogens is 500 g/mol. The van der Waals surface area contributed by atoms with Gasteiger partial charge in [0.1, 0.15) is 6.17 Å². The number of nitrogens with one attached hydrogen (secondary N) is 1. The van der Waals surface area contributed by atoms with Gasteiger partial charge in [-0.1, -0.05) is 23.4 Å². The third-order valence-electron chi connectivity index (χ3n) is 9.96. The van der Waals surface area contributed by atoms with Gasteiger partial charge in [-0.3, -0.25) is 9.78 Å². The van der Waals surface area contributed by atoms with E-state index in [-0.39, 0.29) is 23.6 Å². The monoisotopic (exact) mass is 530 g/mol. The molecule has 6 fully saturated rings. The largest absolute Gasteiger partial charge is 0.417 e. The van der Waals surface area contributed by atoms with Crippen molar-refractivity contribution in [3.05, 3.63) is 65.0 Å². The number of fused-ring (bicyclic) bond motifs is 3. The summed E-state index contributed by atoms with van der Waals surface area (Å²) in [5.74, 6) is 0.481. The second-order valence-electron chi connectivity index (χ2n) is 11.9. The van der Waals surface area contributed by atoms with Crippen LogP contribution in [-0.2, 0) is 16.4 Å². The van der Waals surface area contributed by atoms with Gasteiger partial charge in [0.15, 0.2) is 5.84 Å². The standard InChI is InChI=1S/C28H30F4N4O2/c29-20-14-25(21-5-4-19(15-34-21)28(30,31)32)6-8-27(20,9-7-25)22(35-24(37)26-11-16(12-26)13-26)17-2-1-3-18(10-17)23(33)36-38/h1-5,10,15-16,20,22,38H,6-9,11-14H2,(H2,33,36)(H,35,37). The molecule has 1 amide bonds. The Kier molecular flexibility index (Phi) is 5.56. The lowest BCUT2D eigenvalue weighted by Crippen LogP contribution is -2.63. The quantitative estimate of drug-likeness (QED) is 0.153. The van der Waals surface area contributed by atoms with E-state index in [4.69, 9.17) is 5.73 Å². The number of nitrogens with zero attached hydrogens (tertiary/aromatic N) is 2. The van der Waals surface area contributed by atoms with Gasteiger partial charge in [-0.15, -0.1) is 0 Å². The van der Waals surface area contributed by atoms with Gasteiger partial charge in [0.25, 0.3) is 0 Å². The third kappa shape index (κ3) is 3.70. The van der Waals surface area contributed by atoms with Gasteiger partial charge in [0.05, 0.1) is 11.6 Å². The maximum atomic E-state index is 16.4. The minimum atomic E-state index is -4.48. The van der Waals surface area contributed by atoms with Gasteiger partial charge >= 0.3 is 6.18 Å². The van der Waals surface area contributed by atoms with Crippen LogP contribution in [0.2, 0.25) is 0 Å². The summed E-state index contributed by atoms with van der Waals surface area (Å²) in [5.41, 5.74) is 4.79. The number of hydrogen-bond acceptors (Lipinski definition) is 4. The molecule has 6 nitrogen and oxygen atoms in total. The number of halogens is 4. The molecule has 1 heterocycles. The van der Waals surface area contributed by atoms with Crippen LogP contribution in [0.5, 0.6) is 0 Å². The van der Waals surface area contributed by atoms with Gasteiger partial charge < -0.3 is 16.3 Å². The highest BCUT2D eigenvalue weighted by Crippen LogP contribution is 2.66. The Labute approximate surface area is 217 Å². The lowest BCUT2D eigenvalue weighted by molar-refractivity contribution is -0.169. The van der Waals surface area contributed by atoms with Crippen LogP contribution in [0, 0.1) is 16.7 Å². The van der Waals surface area contributed by atoms with Crippen LogP contribution in [0.3, 0.4) is 0 Å². The predicted octanol–water partition coefficient (Wildman–Crippen LogP) is 5.39. The number of pyridine rings is 1. The number of alkyl halides is 4. The highest BCUT2D eigenvalue weighted by Gasteiger charge is 2.64. The molecule has 2 unspecified atom stereocenters. The first-order chi connectivity index (χ1) is 18.0. The summed E-state index contributed by atoms with van der Waals surface area (Å²) in [6, 6.07) is 8.78. The molecular formula is C28H30F4N4O2. The first-order valence-corrected chi connectivity index (χ1v) is 13.1. The molecule has 202 valence electrons. The number of carbonyl (C=O) groups excluding carboxylic acids is 1. The Hall–Kier alpha value is -3.17. The van der Waals surface area contributed by atoms with Gasteiger partial charge in [-0.25, -0.2) is 4.39 Å². The summed E-state index contributed by atoms with van der Waals surface area (Å²) >= 11 is 0. The smallest absolute Gasteiger partial charge is 0.409 e. The molecule has 8 rings (SSSR count). The highest BCUT2D eigenvalue weighted by atomic mass is 19.4. The van der Waals surface area contributed by atoms with Crippen molar-refractivity contribution in [2.75, 3.05) is 0 Å². The molecule has 38 heavy (non-hydrogen) atoms. The fraction of sp³-hybridized carbons (Fsp3) is 0.536. The molecule has 6 aliphatic carbocycles. The maximum absolute atomic E-state index is 16.4. The molecule has 6 saturated carbocycles. The van der Waals surface area contributed by atoms with E-state index < -0.39 is 34.8 Å². The maximum Gasteiger partial charge on any atom is 0.417 e. The zero-order chi connectivity index (χ0) is 26.9. The highest BCUT2D eigenvalue weighted by molar-refractivity contribution is 5.97. The van der Waals surface area contributed by atoms with Crippen LogP contribution in [0.4, 0.5) is 17.6 Å². The topological polar surface area (TPSA) is 101 Å². The Morgan fingerprint density at radius 2 is 1.82 bits per heavy atom. The van der Waals surface area contributed by atoms with Crippen molar-refractivity contribution >= 4 is 11.7 Å². The molecule has 0 spiro atoms. The van der Waals surface area contributed by atoms with Crippen LogP contribution in [0.25, 0.3) is 0 Å². The van der Waals surface area contributed by atoms with E-state index in [0.29, 0.717) is 48.4 Å². The van der Waals surface area contributed by atoms with Crippen molar-refractivity contribution in [1.29, 1.82) is 0 Å². The van der Waals surface area contributed by atoms with Crippen molar-refractivity contribution in [2.24, 2.45) is 27.6 Å². The van der Waals surface area contributed by atoms with E-state index in [0.717, 1.165) is 31.5 Å². The molecule has 4 N–H and O–H groups in total. The van der Waals surface area contributed by atoms with Crippen molar-refractivity contribution < 1.29 is 27.6 Å². The number of amides is 1. The zero-order valence-electron chi connectivity index (χ0n) is 20.8. The minimum absolute atomic E-state index is 0.0485. The zero-order valence-corrected chi connectivity index (χ0v) is 20.8. The Balaban J connectivity index is 1.32. The number of rotatable bonds is 6. The van der Waals surface area contributed by atoms with Crippen LogP contribution < -0.4 is 11.1 Å². The number of aromatic nitrogens is 1. The predicted molar refractivity (Wildman–Crippen MR) is 131 cm³/mol. The summed E-state index contributed by atoms with van der Waals surface area (Å²) in [6.45, 7) is 0. The van der Waals surface area contributed by atoms with E-state index in [2.05, 4.69) is 15.5 Å². The summed E-state index contributed by atoms with van der Waals surface area (Å²) < 4.78 is 55.6. The van der Waals surface area contributed by atoms with Gasteiger partial charge in [-0.2, -0.15) is 13.2 Å². The fourth-order valence-corrected chi connectivity index (χ4v) is 7.50. The summed E-state index contributed by atoms with van der Waals surface area (Å²) in [7, 11) is 0. The van der Waals surface area contributed by atoms with Crippen molar-refractivity contribution in [1.82, 2.24) is 10.3 Å². The van der Waals surface area contributed by atoms with E-state index in [1.54, 1.807) is 18.2 Å². The second-order valence-corrected chi connectivity index (χ2v) is 11.9. The van der Waals surface area contributed by atoms with E-state index >= 15 is 4.39 Å². The second kappa shape index (κ2) is 8.41. The number of oxime groups is 1. The van der Waals surface area contributed by atoms with Crippen molar-refractivity contribution in [2.45, 2.75) is 75.2 Å². The SMILES string of the molecule is N/C(=N\O)c1cccc(C(NC(=O)C23CC(C2)C3)C23CCC(c4ccc(C(F)(F)F)cn4)(CC2)CC3F)c1. The van der Waals surface area contributed by atoms with Gasteiger partial charge in [0.2, 0.25) is 5.91 Å².